The van der Waals surface area contributed by atoms with Crippen molar-refractivity contribution in [2.45, 2.75) is 0 Å². The fourth-order valence-corrected chi connectivity index (χ4v) is 1.06. The van der Waals surface area contributed by atoms with Crippen LogP contribution in [0.2, 0.25) is 0 Å². The molecule has 0 aliphatic rings. The molecule has 1 aromatic rings. The molecule has 0 bridgehead atoms. The second kappa shape index (κ2) is 7.40. The molecule has 6 heteroatoms. The smallest absolute Gasteiger partial charge is 0.545 e. The average Bonchev–Trinajstić information content (AvgIpc) is 2.25. The quantitative estimate of drug-likeness (QED) is 0.425. The molecule has 1 aromatic carbocycles. The van der Waals surface area contributed by atoms with Gasteiger partial charge in [-0.2, -0.15) is 0 Å². The largest absolute Gasteiger partial charge is 1.00 e. The number of rotatable bonds is 4. The fourth-order valence-electron chi connectivity index (χ4n) is 1.06. The van der Waals surface area contributed by atoms with Crippen LogP contribution in [0.4, 0.5) is 0 Å². The molecule has 5 nitrogen and oxygen atoms in total. The third-order valence-corrected chi connectivity index (χ3v) is 1.69. The summed E-state index contributed by atoms with van der Waals surface area (Å²) in [5.74, 6) is -2.23. The van der Waals surface area contributed by atoms with E-state index in [0.29, 0.717) is 0 Å². The van der Waals surface area contributed by atoms with Crippen molar-refractivity contribution < 1.29 is 54.1 Å². The second-order valence-corrected chi connectivity index (χ2v) is 2.69. The number of carbonyl (C=O) groups excluding carboxylic acids is 2. The molecule has 1 N–H and O–H groups in total. The first kappa shape index (κ1) is 15.1. The van der Waals surface area contributed by atoms with Crippen molar-refractivity contribution in [3.8, 4) is 0 Å². The number of aliphatic hydroxyl groups excluding tert-OH is 1. The van der Waals surface area contributed by atoms with Gasteiger partial charge in [-0.1, -0.05) is 18.2 Å². The molecule has 0 unspecified atom stereocenters. The predicted molar refractivity (Wildman–Crippen MR) is 48.1 cm³/mol. The minimum atomic E-state index is -1.44. The van der Waals surface area contributed by atoms with Crippen molar-refractivity contribution in [2.75, 3.05) is 13.2 Å². The Hall–Kier alpha value is -0.880. The molecule has 0 aliphatic carbocycles. The third kappa shape index (κ3) is 3.94. The second-order valence-electron chi connectivity index (χ2n) is 2.69. The van der Waals surface area contributed by atoms with Crippen LogP contribution in [-0.2, 0) is 4.74 Å². The first-order chi connectivity index (χ1) is 7.16. The molecule has 1 rings (SSSR count). The molecule has 0 radical (unpaired) electrons. The van der Waals surface area contributed by atoms with Gasteiger partial charge in [0.1, 0.15) is 6.61 Å². The standard InChI is InChI=1S/C10H10O5.Na/c11-5-6-15-10(14)8-4-2-1-3-7(8)9(12)13;/h1-4,11H,5-6H2,(H,12,13);/q;+1/p-1. The number of esters is 1. The van der Waals surface area contributed by atoms with Crippen LogP contribution in [0, 0.1) is 0 Å². The topological polar surface area (TPSA) is 86.7 Å². The molecule has 0 spiro atoms. The molecule has 0 saturated heterocycles. The van der Waals surface area contributed by atoms with E-state index < -0.39 is 11.9 Å². The molecule has 80 valence electrons. The van der Waals surface area contributed by atoms with Crippen LogP contribution < -0.4 is 34.7 Å². The van der Waals surface area contributed by atoms with Crippen molar-refractivity contribution in [1.82, 2.24) is 0 Å². The number of ether oxygens (including phenoxy) is 1. The Kier molecular flexibility index (Phi) is 7.00. The van der Waals surface area contributed by atoms with Gasteiger partial charge in [0, 0.05) is 5.56 Å². The molecule has 0 amide bonds. The van der Waals surface area contributed by atoms with E-state index in [9.17, 15) is 14.7 Å². The zero-order valence-electron chi connectivity index (χ0n) is 8.80. The van der Waals surface area contributed by atoms with Gasteiger partial charge in [0.2, 0.25) is 0 Å². The zero-order valence-corrected chi connectivity index (χ0v) is 10.8. The monoisotopic (exact) mass is 232 g/mol. The number of aliphatic hydroxyl groups is 1. The van der Waals surface area contributed by atoms with Gasteiger partial charge in [0.25, 0.3) is 0 Å². The van der Waals surface area contributed by atoms with Crippen LogP contribution in [0.3, 0.4) is 0 Å². The number of aromatic carboxylic acids is 1. The average molecular weight is 232 g/mol. The van der Waals surface area contributed by atoms with E-state index in [1.54, 1.807) is 0 Å². The molecular weight excluding hydrogens is 223 g/mol. The van der Waals surface area contributed by atoms with Gasteiger partial charge in [-0.05, 0) is 6.07 Å². The normalized spacial score (nSPS) is 9.06. The molecule has 0 atom stereocenters. The number of carbonyl (C=O) groups is 2. The molecule has 0 saturated carbocycles. The summed E-state index contributed by atoms with van der Waals surface area (Å²) >= 11 is 0. The van der Waals surface area contributed by atoms with Crippen molar-refractivity contribution in [1.29, 1.82) is 0 Å². The Balaban J connectivity index is 0.00000225. The minimum absolute atomic E-state index is 0. The Bertz CT molecular complexity index is 377. The van der Waals surface area contributed by atoms with E-state index in [1.807, 2.05) is 0 Å². The Labute approximate surface area is 114 Å². The van der Waals surface area contributed by atoms with Crippen LogP contribution in [0.25, 0.3) is 0 Å². The molecule has 0 aromatic heterocycles. The van der Waals surface area contributed by atoms with Crippen LogP contribution in [0.1, 0.15) is 20.7 Å². The summed E-state index contributed by atoms with van der Waals surface area (Å²) in [6.45, 7) is -0.473. The third-order valence-electron chi connectivity index (χ3n) is 1.69. The van der Waals surface area contributed by atoms with E-state index in [0.717, 1.165) is 0 Å². The van der Waals surface area contributed by atoms with Gasteiger partial charge in [-0.25, -0.2) is 4.79 Å². The summed E-state index contributed by atoms with van der Waals surface area (Å²) < 4.78 is 4.59. The van der Waals surface area contributed by atoms with Crippen LogP contribution >= 0.6 is 0 Å². The van der Waals surface area contributed by atoms with E-state index in [1.165, 1.54) is 24.3 Å². The number of hydrogen-bond donors (Lipinski definition) is 1. The van der Waals surface area contributed by atoms with E-state index in [4.69, 9.17) is 5.11 Å². The Morgan fingerprint density at radius 2 is 1.81 bits per heavy atom. The van der Waals surface area contributed by atoms with Crippen LogP contribution in [0.15, 0.2) is 24.3 Å². The van der Waals surface area contributed by atoms with E-state index in [2.05, 4.69) is 4.74 Å². The number of hydrogen-bond acceptors (Lipinski definition) is 5. The van der Waals surface area contributed by atoms with Crippen molar-refractivity contribution in [3.63, 3.8) is 0 Å². The maximum Gasteiger partial charge on any atom is 1.00 e. The summed E-state index contributed by atoms with van der Waals surface area (Å²) in [6, 6.07) is 5.58. The number of benzene rings is 1. The van der Waals surface area contributed by atoms with Crippen molar-refractivity contribution >= 4 is 11.9 Å². The summed E-state index contributed by atoms with van der Waals surface area (Å²) in [6.07, 6.45) is 0. The van der Waals surface area contributed by atoms with Gasteiger partial charge in [-0.3, -0.25) is 0 Å². The van der Waals surface area contributed by atoms with Gasteiger partial charge in [-0.15, -0.1) is 0 Å². The molecular formula is C10H9NaO5. The van der Waals surface area contributed by atoms with Gasteiger partial charge >= 0.3 is 35.5 Å². The molecule has 0 aliphatic heterocycles. The fraction of sp³-hybridized carbons (Fsp3) is 0.200. The Morgan fingerprint density at radius 1 is 1.25 bits per heavy atom. The van der Waals surface area contributed by atoms with Crippen molar-refractivity contribution in [3.05, 3.63) is 35.4 Å². The van der Waals surface area contributed by atoms with Gasteiger partial charge in [0.05, 0.1) is 18.1 Å². The van der Waals surface area contributed by atoms with E-state index in [-0.39, 0.29) is 53.9 Å². The SMILES string of the molecule is O=C([O-])c1ccccc1C(=O)OCCO.[Na+]. The van der Waals surface area contributed by atoms with Crippen LogP contribution in [-0.4, -0.2) is 30.3 Å². The number of carboxylic acid groups (broad SMARTS) is 1. The first-order valence-corrected chi connectivity index (χ1v) is 4.25. The maximum absolute atomic E-state index is 11.3. The summed E-state index contributed by atoms with van der Waals surface area (Å²) in [4.78, 5) is 21.9. The summed E-state index contributed by atoms with van der Waals surface area (Å²) in [5.41, 5.74) is -0.300. The first-order valence-electron chi connectivity index (χ1n) is 4.25. The van der Waals surface area contributed by atoms with Gasteiger partial charge < -0.3 is 19.7 Å². The van der Waals surface area contributed by atoms with Crippen molar-refractivity contribution in [2.24, 2.45) is 0 Å². The van der Waals surface area contributed by atoms with Gasteiger partial charge in [0.15, 0.2) is 0 Å². The summed E-state index contributed by atoms with van der Waals surface area (Å²) in [5, 5.41) is 19.1. The maximum atomic E-state index is 11.3. The zero-order chi connectivity index (χ0) is 11.3. The summed E-state index contributed by atoms with van der Waals surface area (Å²) in [7, 11) is 0. The Morgan fingerprint density at radius 3 is 2.31 bits per heavy atom. The predicted octanol–water partition coefficient (Wildman–Crippen LogP) is -3.80. The minimum Gasteiger partial charge on any atom is -0.545 e. The molecule has 16 heavy (non-hydrogen) atoms. The molecule has 0 fully saturated rings. The van der Waals surface area contributed by atoms with E-state index >= 15 is 0 Å². The molecule has 0 heterocycles. The number of carboxylic acids is 1. The van der Waals surface area contributed by atoms with Crippen LogP contribution in [0.5, 0.6) is 0 Å².